The first kappa shape index (κ1) is 9.40. The van der Waals surface area contributed by atoms with Crippen molar-refractivity contribution in [3.05, 3.63) is 37.3 Å². The minimum atomic E-state index is 1.75. The van der Waals surface area contributed by atoms with E-state index in [4.69, 9.17) is 0 Å². The summed E-state index contributed by atoms with van der Waals surface area (Å²) < 4.78 is 0. The zero-order valence-electron chi connectivity index (χ0n) is 4.70. The topological polar surface area (TPSA) is 0 Å². The molecule has 0 aromatic carbocycles. The van der Waals surface area contributed by atoms with E-state index < -0.39 is 0 Å². The standard InChI is InChI=1S/C4H4.C3H6/c1-3-4-2;1-3-2/h1-2H2;3H,1H2,2H3. The Labute approximate surface area is 45.2 Å². The quantitative estimate of drug-likeness (QED) is 0.319. The number of rotatable bonds is 0. The predicted molar refractivity (Wildman–Crippen MR) is 34.2 cm³/mol. The summed E-state index contributed by atoms with van der Waals surface area (Å²) in [4.78, 5) is 0. The highest BCUT2D eigenvalue weighted by Gasteiger charge is 1.15. The van der Waals surface area contributed by atoms with Crippen LogP contribution in [0.4, 0.5) is 0 Å². The summed E-state index contributed by atoms with van der Waals surface area (Å²) in [7, 11) is 0. The molecule has 0 saturated heterocycles. The van der Waals surface area contributed by atoms with Crippen LogP contribution in [-0.4, -0.2) is 0 Å². The molecule has 7 heavy (non-hydrogen) atoms. The first-order valence-corrected chi connectivity index (χ1v) is 1.94. The lowest BCUT2D eigenvalue weighted by Crippen LogP contribution is -1.07. The van der Waals surface area contributed by atoms with Crippen molar-refractivity contribution in [2.45, 2.75) is 6.92 Å². The van der Waals surface area contributed by atoms with Crippen LogP contribution in [0.5, 0.6) is 0 Å². The highest BCUT2D eigenvalue weighted by Crippen LogP contribution is 1.38. The first-order valence-electron chi connectivity index (χ1n) is 1.94. The molecule has 0 atom stereocenters. The van der Waals surface area contributed by atoms with Crippen LogP contribution < -0.4 is 0 Å². The van der Waals surface area contributed by atoms with Gasteiger partial charge in [0.05, 0.1) is 0 Å². The highest BCUT2D eigenvalue weighted by atomic mass is 13.2. The number of hydrogen-bond donors (Lipinski definition) is 0. The predicted octanol–water partition coefficient (Wildman–Crippen LogP) is 2.30. The summed E-state index contributed by atoms with van der Waals surface area (Å²) >= 11 is 0. The average Bonchev–Trinajstić information content (AvgIpc) is 1.69. The molecular formula is C7H10. The number of hydrogen-bond acceptors (Lipinski definition) is 0. The van der Waals surface area contributed by atoms with Crippen LogP contribution in [0.3, 0.4) is 0 Å². The third-order valence-corrected chi connectivity index (χ3v) is 0.125. The molecule has 0 aromatic rings. The molecule has 0 fully saturated rings. The molecule has 0 spiro atoms. The Kier molecular flexibility index (Phi) is 26.5. The maximum Gasteiger partial charge on any atom is -0.0473 e. The molecule has 0 aromatic heterocycles. The van der Waals surface area contributed by atoms with Gasteiger partial charge in [0.15, 0.2) is 0 Å². The Bertz CT molecular complexity index is 78.6. The van der Waals surface area contributed by atoms with Crippen molar-refractivity contribution in [2.75, 3.05) is 0 Å². The fourth-order valence-electron chi connectivity index (χ4n) is 0. The van der Waals surface area contributed by atoms with Crippen molar-refractivity contribution in [3.63, 3.8) is 0 Å². The van der Waals surface area contributed by atoms with Crippen LogP contribution in [0.15, 0.2) is 37.3 Å². The summed E-state index contributed by atoms with van der Waals surface area (Å²) in [5.41, 5.74) is 4.64. The van der Waals surface area contributed by atoms with Gasteiger partial charge in [-0.05, 0) is 20.1 Å². The second-order valence-corrected chi connectivity index (χ2v) is 0.762. The van der Waals surface area contributed by atoms with Crippen molar-refractivity contribution >= 4 is 0 Å². The lowest BCUT2D eigenvalue weighted by atomic mass is 10.8. The van der Waals surface area contributed by atoms with Gasteiger partial charge in [-0.15, -0.1) is 6.58 Å². The van der Waals surface area contributed by atoms with Gasteiger partial charge in [-0.2, -0.15) is 0 Å². The van der Waals surface area contributed by atoms with Gasteiger partial charge in [-0.25, -0.2) is 0 Å². The summed E-state index contributed by atoms with van der Waals surface area (Å²) in [5.74, 6) is 0. The summed E-state index contributed by atoms with van der Waals surface area (Å²) in [6.07, 6.45) is 1.75. The maximum atomic E-state index is 3.36. The minimum absolute atomic E-state index is 1.75. The Hall–Kier alpha value is -0.960. The van der Waals surface area contributed by atoms with Crippen molar-refractivity contribution in [1.29, 1.82) is 0 Å². The zero-order valence-corrected chi connectivity index (χ0v) is 4.70. The molecule has 0 rings (SSSR count). The van der Waals surface area contributed by atoms with Crippen molar-refractivity contribution in [3.8, 4) is 0 Å². The van der Waals surface area contributed by atoms with E-state index >= 15 is 0 Å². The maximum absolute atomic E-state index is 3.36. The highest BCUT2D eigenvalue weighted by molar-refractivity contribution is 4.66. The molecule has 0 bridgehead atoms. The molecule has 0 heterocycles. The Balaban J connectivity index is 0. The molecule has 0 N–H and O–H groups in total. The monoisotopic (exact) mass is 94.1 g/mol. The molecule has 0 amide bonds. The van der Waals surface area contributed by atoms with Crippen LogP contribution >= 0.6 is 0 Å². The fourth-order valence-corrected chi connectivity index (χ4v) is 0. The van der Waals surface area contributed by atoms with E-state index in [1.54, 1.807) is 6.08 Å². The largest absolute Gasteiger partial charge is 0.103 e. The molecule has 38 valence electrons. The van der Waals surface area contributed by atoms with Crippen LogP contribution in [0.25, 0.3) is 0 Å². The van der Waals surface area contributed by atoms with Gasteiger partial charge in [0.2, 0.25) is 0 Å². The smallest absolute Gasteiger partial charge is 0.0473 e. The fraction of sp³-hybridized carbons (Fsp3) is 0.143. The molecule has 0 saturated carbocycles. The van der Waals surface area contributed by atoms with E-state index in [9.17, 15) is 0 Å². The molecule has 0 aliphatic carbocycles. The second-order valence-electron chi connectivity index (χ2n) is 0.762. The minimum Gasteiger partial charge on any atom is -0.103 e. The molecule has 0 nitrogen and oxygen atoms in total. The molecule has 0 heteroatoms. The second kappa shape index (κ2) is 19.8. The Morgan fingerprint density at radius 2 is 1.43 bits per heavy atom. The van der Waals surface area contributed by atoms with Crippen molar-refractivity contribution in [1.82, 2.24) is 0 Å². The Morgan fingerprint density at radius 3 is 1.43 bits per heavy atom. The molecule has 0 radical (unpaired) electrons. The summed E-state index contributed by atoms with van der Waals surface area (Å²) in [5, 5.41) is 0. The van der Waals surface area contributed by atoms with E-state index in [1.807, 2.05) is 6.92 Å². The van der Waals surface area contributed by atoms with Crippen LogP contribution in [0.1, 0.15) is 6.92 Å². The van der Waals surface area contributed by atoms with Gasteiger partial charge in [-0.1, -0.05) is 17.5 Å². The van der Waals surface area contributed by atoms with E-state index in [0.29, 0.717) is 0 Å². The van der Waals surface area contributed by atoms with Crippen LogP contribution in [0.2, 0.25) is 0 Å². The van der Waals surface area contributed by atoms with Gasteiger partial charge in [0.25, 0.3) is 0 Å². The lowest BCUT2D eigenvalue weighted by Gasteiger charge is -1.31. The lowest BCUT2D eigenvalue weighted by molar-refractivity contribution is 1.80. The Morgan fingerprint density at radius 1 is 1.29 bits per heavy atom. The molecule has 0 aliphatic heterocycles. The molecule has 0 unspecified atom stereocenters. The van der Waals surface area contributed by atoms with Crippen molar-refractivity contribution < 1.29 is 0 Å². The summed E-state index contributed by atoms with van der Waals surface area (Å²) in [6, 6.07) is 0. The van der Waals surface area contributed by atoms with Gasteiger partial charge >= 0.3 is 0 Å². The summed E-state index contributed by atoms with van der Waals surface area (Å²) in [6.45, 7) is 11.6. The van der Waals surface area contributed by atoms with Gasteiger partial charge in [0.1, 0.15) is 0 Å². The molecular weight excluding hydrogens is 84.1 g/mol. The SMILES string of the molecule is C=C=C=C.C=CC. The van der Waals surface area contributed by atoms with E-state index in [1.165, 1.54) is 0 Å². The molecule has 0 aliphatic rings. The van der Waals surface area contributed by atoms with E-state index in [2.05, 4.69) is 31.2 Å². The van der Waals surface area contributed by atoms with Gasteiger partial charge < -0.3 is 0 Å². The third kappa shape index (κ3) is 29100. The average molecular weight is 94.2 g/mol. The van der Waals surface area contributed by atoms with E-state index in [0.717, 1.165) is 0 Å². The van der Waals surface area contributed by atoms with Crippen molar-refractivity contribution in [2.24, 2.45) is 0 Å². The van der Waals surface area contributed by atoms with Crippen LogP contribution in [-0.2, 0) is 0 Å². The van der Waals surface area contributed by atoms with Crippen LogP contribution in [0, 0.1) is 0 Å². The zero-order chi connectivity index (χ0) is 6.12. The van der Waals surface area contributed by atoms with Gasteiger partial charge in [0, 0.05) is 0 Å². The number of allylic oxidation sites excluding steroid dienone is 1. The normalized spacial score (nSPS) is 3.57. The van der Waals surface area contributed by atoms with Gasteiger partial charge in [-0.3, -0.25) is 0 Å². The third-order valence-electron chi connectivity index (χ3n) is 0.125. The van der Waals surface area contributed by atoms with E-state index in [-0.39, 0.29) is 0 Å². The first-order chi connectivity index (χ1) is 3.33.